The number of hydrogen-bond donors (Lipinski definition) is 1. The number of rotatable bonds is 8. The predicted octanol–water partition coefficient (Wildman–Crippen LogP) is 3.96. The number of H-pyrrole nitrogens is 1. The van der Waals surface area contributed by atoms with Crippen molar-refractivity contribution in [3.05, 3.63) is 70.0 Å². The number of ether oxygens (including phenoxy) is 1. The van der Waals surface area contributed by atoms with Gasteiger partial charge >= 0.3 is 0 Å². The van der Waals surface area contributed by atoms with Gasteiger partial charge in [0.05, 0.1) is 40.4 Å². The molecular formula is C36H43ClN8O3. The summed E-state index contributed by atoms with van der Waals surface area (Å²) in [6, 6.07) is 6.64. The number of aromatic nitrogens is 2. The number of allylic oxidation sites excluding steroid dienone is 1. The van der Waals surface area contributed by atoms with E-state index in [1.807, 2.05) is 16.2 Å². The van der Waals surface area contributed by atoms with Gasteiger partial charge in [0.1, 0.15) is 12.8 Å². The third-order valence-electron chi connectivity index (χ3n) is 10.5. The topological polar surface area (TPSA) is 83.7 Å². The Bertz CT molecular complexity index is 1900. The van der Waals surface area contributed by atoms with Gasteiger partial charge in [0, 0.05) is 54.2 Å². The third kappa shape index (κ3) is 5.52. The maximum atomic E-state index is 12.4. The number of nitrogens with zero attached hydrogens (tertiary/aromatic N) is 7. The Morgan fingerprint density at radius 3 is 2.65 bits per heavy atom. The molecule has 12 heteroatoms. The minimum absolute atomic E-state index is 0.0332. The Balaban J connectivity index is 1.25. The average Bonchev–Trinajstić information content (AvgIpc) is 3.73. The number of carbonyl (C=O) groups is 1. The number of nitrogens with one attached hydrogen (secondary N) is 1. The smallest absolute Gasteiger partial charge is 0.246 e. The van der Waals surface area contributed by atoms with Gasteiger partial charge in [-0.25, -0.2) is 10.1 Å². The van der Waals surface area contributed by atoms with E-state index in [1.165, 1.54) is 18.9 Å². The first-order chi connectivity index (χ1) is 23.4. The number of hydrogen-bond acceptors (Lipinski definition) is 9. The van der Waals surface area contributed by atoms with Crippen molar-refractivity contribution >= 4 is 57.7 Å². The summed E-state index contributed by atoms with van der Waals surface area (Å²) in [5.41, 5.74) is 4.92. The van der Waals surface area contributed by atoms with Crippen LogP contribution in [0.1, 0.15) is 37.7 Å². The highest BCUT2D eigenvalue weighted by Crippen LogP contribution is 2.42. The Hall–Kier alpha value is -4.03. The van der Waals surface area contributed by atoms with Gasteiger partial charge in [-0.15, -0.1) is 0 Å². The Labute approximate surface area is 285 Å². The summed E-state index contributed by atoms with van der Waals surface area (Å²) in [6.45, 7) is 10.6. The van der Waals surface area contributed by atoms with Crippen LogP contribution in [0.3, 0.4) is 0 Å². The minimum atomic E-state index is -0.0332. The van der Waals surface area contributed by atoms with E-state index in [-0.39, 0.29) is 12.0 Å². The number of anilines is 3. The molecule has 1 saturated carbocycles. The lowest BCUT2D eigenvalue weighted by molar-refractivity contribution is -0.131. The molecule has 0 spiro atoms. The third-order valence-corrected chi connectivity index (χ3v) is 10.8. The second kappa shape index (κ2) is 12.8. The molecule has 1 aliphatic carbocycles. The Morgan fingerprint density at radius 1 is 1.08 bits per heavy atom. The molecule has 0 unspecified atom stereocenters. The number of aromatic amines is 1. The van der Waals surface area contributed by atoms with Crippen LogP contribution >= 0.6 is 11.6 Å². The van der Waals surface area contributed by atoms with Gasteiger partial charge in [-0.3, -0.25) is 24.6 Å². The van der Waals surface area contributed by atoms with Crippen LogP contribution in [0.4, 0.5) is 17.1 Å². The standard InChI is InChI=1S/C36H43ClN8O3/c1-4-33(46)41-15-17-42(18-16-41)44-23-43(47-22-25-7-6-14-40(25)3)21-29-27-11-13-34(48-26-8-5-9-26)45(36(27)30(37)19-32(29)44)35-24(2)10-12-31-28(35)20-38-39-31/h4,10-13,19-21,25-26H,1,5-9,14-18,22-23H2,2-3H3,(H,38,39)/t25-/m0/s1. The first-order valence-electron chi connectivity index (χ1n) is 17.1. The van der Waals surface area contributed by atoms with E-state index in [0.29, 0.717) is 50.5 Å². The summed E-state index contributed by atoms with van der Waals surface area (Å²) >= 11 is 7.40. The molecule has 4 aliphatic heterocycles. The van der Waals surface area contributed by atoms with E-state index in [2.05, 4.69) is 87.1 Å². The number of hydrazine groups is 1. The molecule has 0 bridgehead atoms. The Kier molecular flexibility index (Phi) is 8.32. The number of hydroxylamine groups is 2. The molecule has 5 aliphatic rings. The van der Waals surface area contributed by atoms with Crippen molar-refractivity contribution in [2.45, 2.75) is 51.2 Å². The summed E-state index contributed by atoms with van der Waals surface area (Å²) in [7, 11) is 2.17. The fraction of sp³-hybridized carbons (Fsp3) is 0.444. The predicted molar refractivity (Wildman–Crippen MR) is 189 cm³/mol. The second-order valence-electron chi connectivity index (χ2n) is 13.4. The number of piperazine rings is 1. The molecule has 0 radical (unpaired) electrons. The molecular weight excluding hydrogens is 628 g/mol. The highest BCUT2D eigenvalue weighted by molar-refractivity contribution is 6.34. The van der Waals surface area contributed by atoms with E-state index >= 15 is 0 Å². The summed E-state index contributed by atoms with van der Waals surface area (Å²) in [6.07, 6.45) is 15.4. The van der Waals surface area contributed by atoms with Crippen LogP contribution in [-0.2, 0) is 14.4 Å². The fourth-order valence-corrected chi connectivity index (χ4v) is 7.79. The number of benzene rings is 2. The molecule has 5 heterocycles. The van der Waals surface area contributed by atoms with Crippen molar-refractivity contribution in [2.24, 2.45) is 0 Å². The van der Waals surface area contributed by atoms with Gasteiger partial charge in [0.25, 0.3) is 0 Å². The van der Waals surface area contributed by atoms with E-state index < -0.39 is 0 Å². The monoisotopic (exact) mass is 670 g/mol. The molecule has 8 rings (SSSR count). The fourth-order valence-electron chi connectivity index (χ4n) is 7.50. The lowest BCUT2D eigenvalue weighted by Crippen LogP contribution is -2.60. The number of halogens is 1. The molecule has 2 saturated heterocycles. The molecule has 11 nitrogen and oxygen atoms in total. The van der Waals surface area contributed by atoms with Crippen LogP contribution in [0, 0.1) is 6.92 Å². The van der Waals surface area contributed by atoms with Gasteiger partial charge in [-0.05, 0) is 88.5 Å². The lowest BCUT2D eigenvalue weighted by Gasteiger charge is -2.45. The number of carbonyl (C=O) groups excluding carboxylic acids is 1. The van der Waals surface area contributed by atoms with Crippen molar-refractivity contribution in [1.82, 2.24) is 30.1 Å². The van der Waals surface area contributed by atoms with Crippen LogP contribution in [0.15, 0.2) is 49.0 Å². The SMILES string of the molecule is C=CC(=O)N1CCN(N2CN(OC[C@@H]3CCCN3C)C=c3c2cc(Cl)c2c3=CC=C(OC3CCC3)N2c2c(C)ccc3[nH]ncc23)CC1. The van der Waals surface area contributed by atoms with Gasteiger partial charge in [-0.2, -0.15) is 5.10 Å². The highest BCUT2D eigenvalue weighted by Gasteiger charge is 2.34. The molecule has 1 aromatic heterocycles. The molecule has 3 aromatic rings. The molecule has 252 valence electrons. The van der Waals surface area contributed by atoms with Crippen molar-refractivity contribution in [3.8, 4) is 0 Å². The van der Waals surface area contributed by atoms with Crippen LogP contribution in [0.2, 0.25) is 5.02 Å². The molecule has 1 N–H and O–H groups in total. The number of likely N-dealkylation sites (N-methyl/N-ethyl adjacent to an activating group) is 1. The molecule has 3 fully saturated rings. The molecule has 1 amide bonds. The summed E-state index contributed by atoms with van der Waals surface area (Å²) in [5.74, 6) is 0.730. The maximum Gasteiger partial charge on any atom is 0.246 e. The highest BCUT2D eigenvalue weighted by atomic mass is 35.5. The first kappa shape index (κ1) is 31.3. The largest absolute Gasteiger partial charge is 0.475 e. The van der Waals surface area contributed by atoms with Crippen LogP contribution in [0.5, 0.6) is 0 Å². The average molecular weight is 671 g/mol. The van der Waals surface area contributed by atoms with Crippen molar-refractivity contribution in [3.63, 3.8) is 0 Å². The molecule has 48 heavy (non-hydrogen) atoms. The van der Waals surface area contributed by atoms with Gasteiger partial charge in [0.2, 0.25) is 5.91 Å². The number of aryl methyl sites for hydroxylation is 1. The minimum Gasteiger partial charge on any atom is -0.475 e. The quantitative estimate of drug-likeness (QED) is 0.358. The zero-order chi connectivity index (χ0) is 32.9. The number of fused-ring (bicyclic) bond motifs is 4. The van der Waals surface area contributed by atoms with Crippen molar-refractivity contribution in [1.29, 1.82) is 0 Å². The number of likely N-dealkylation sites (tertiary alicyclic amines) is 1. The summed E-state index contributed by atoms with van der Waals surface area (Å²) in [4.78, 5) is 25.4. The second-order valence-corrected chi connectivity index (χ2v) is 13.8. The first-order valence-corrected chi connectivity index (χ1v) is 17.5. The number of amides is 1. The maximum absolute atomic E-state index is 12.4. The zero-order valence-electron chi connectivity index (χ0n) is 27.7. The Morgan fingerprint density at radius 2 is 1.92 bits per heavy atom. The van der Waals surface area contributed by atoms with Crippen LogP contribution in [0.25, 0.3) is 23.2 Å². The molecule has 1 atom stereocenters. The van der Waals surface area contributed by atoms with Gasteiger partial charge < -0.3 is 14.5 Å². The van der Waals surface area contributed by atoms with E-state index in [0.717, 1.165) is 75.7 Å². The normalized spacial score (nSPS) is 21.7. The molecule has 2 aromatic carbocycles. The summed E-state index contributed by atoms with van der Waals surface area (Å²) in [5, 5.41) is 17.7. The lowest BCUT2D eigenvalue weighted by atomic mass is 9.96. The van der Waals surface area contributed by atoms with E-state index in [1.54, 1.807) is 0 Å². The van der Waals surface area contributed by atoms with Gasteiger partial charge in [0.15, 0.2) is 5.88 Å². The van der Waals surface area contributed by atoms with Crippen LogP contribution in [-0.4, -0.2) is 101 Å². The zero-order valence-corrected chi connectivity index (χ0v) is 28.5. The van der Waals surface area contributed by atoms with Gasteiger partial charge in [-0.1, -0.05) is 24.2 Å². The van der Waals surface area contributed by atoms with E-state index in [4.69, 9.17) is 21.2 Å². The van der Waals surface area contributed by atoms with Crippen molar-refractivity contribution < 1.29 is 14.4 Å². The van der Waals surface area contributed by atoms with Crippen LogP contribution < -0.4 is 20.3 Å². The van der Waals surface area contributed by atoms with Crippen molar-refractivity contribution in [2.75, 3.05) is 63.0 Å². The summed E-state index contributed by atoms with van der Waals surface area (Å²) < 4.78 is 6.67. The van der Waals surface area contributed by atoms with E-state index in [9.17, 15) is 4.79 Å².